The summed E-state index contributed by atoms with van der Waals surface area (Å²) in [7, 11) is 0. The van der Waals surface area contributed by atoms with E-state index in [1.807, 2.05) is 0 Å². The zero-order valence-corrected chi connectivity index (χ0v) is 28.3. The number of hydrogen-bond donors (Lipinski definition) is 6. The Balaban J connectivity index is 1.29. The lowest BCUT2D eigenvalue weighted by Crippen LogP contribution is -2.63. The van der Waals surface area contributed by atoms with Gasteiger partial charge in [0.1, 0.15) is 12.2 Å². The Morgan fingerprint density at radius 3 is 2.49 bits per heavy atom. The molecule has 0 spiro atoms. The van der Waals surface area contributed by atoms with Crippen LogP contribution < -0.4 is 11.1 Å². The molecule has 17 nitrogen and oxygen atoms in total. The molecular formula is C30H36N7O10S2+. The van der Waals surface area contributed by atoms with Crippen LogP contribution >= 0.6 is 23.3 Å². The molecule has 4 heterocycles. The molecule has 49 heavy (non-hydrogen) atoms. The highest BCUT2D eigenvalue weighted by molar-refractivity contribution is 8.00. The molecule has 2 saturated heterocycles. The number of carbonyl (C=O) groups is 5. The molecule has 262 valence electrons. The average molecular weight is 719 g/mol. The van der Waals surface area contributed by atoms with Crippen molar-refractivity contribution in [1.82, 2.24) is 19.6 Å². The topological polar surface area (TPSA) is 255 Å². The number of phenolic OH excluding ortho intramolecular Hbond substituents is 2. The van der Waals surface area contributed by atoms with E-state index in [4.69, 9.17) is 10.6 Å². The summed E-state index contributed by atoms with van der Waals surface area (Å²) in [4.78, 5) is 74.0. The summed E-state index contributed by atoms with van der Waals surface area (Å²) in [6, 6.07) is 3.79. The first kappa shape index (κ1) is 35.6. The number of nitrogens with zero attached hydrogens (tertiary/aromatic N) is 5. The van der Waals surface area contributed by atoms with Gasteiger partial charge < -0.3 is 40.8 Å². The van der Waals surface area contributed by atoms with Crippen LogP contribution in [0.1, 0.15) is 49.3 Å². The number of aliphatic carboxylic acids is 2. The third-order valence-electron chi connectivity index (χ3n) is 8.71. The minimum Gasteiger partial charge on any atom is -0.504 e. The molecule has 3 aliphatic heterocycles. The zero-order chi connectivity index (χ0) is 35.7. The van der Waals surface area contributed by atoms with E-state index in [1.54, 1.807) is 0 Å². The van der Waals surface area contributed by atoms with Gasteiger partial charge in [0.2, 0.25) is 17.3 Å². The SMILES string of the molecule is CC(C)(O/N=C(\C(=O)CC1C(=O)N2C(C(=O)O)=C(C[N+]3(CCNC(=O)c4ccc(O)c(O)c4)CCCC3)CSC12)c1nsc(N)n1)C(=O)O. The Kier molecular flexibility index (Phi) is 10.2. The summed E-state index contributed by atoms with van der Waals surface area (Å²) in [5, 5.41) is 44.9. The van der Waals surface area contributed by atoms with Crippen molar-refractivity contribution in [2.45, 2.75) is 44.1 Å². The van der Waals surface area contributed by atoms with Gasteiger partial charge in [-0.2, -0.15) is 9.36 Å². The molecule has 0 saturated carbocycles. The van der Waals surface area contributed by atoms with Gasteiger partial charge in [-0.1, -0.05) is 5.16 Å². The number of hydrogen-bond acceptors (Lipinski definition) is 14. The van der Waals surface area contributed by atoms with Crippen LogP contribution in [0.25, 0.3) is 0 Å². The number of aromatic nitrogens is 2. The van der Waals surface area contributed by atoms with Crippen LogP contribution in [-0.2, 0) is 24.0 Å². The van der Waals surface area contributed by atoms with Gasteiger partial charge in [-0.15, -0.1) is 11.8 Å². The van der Waals surface area contributed by atoms with E-state index >= 15 is 0 Å². The summed E-state index contributed by atoms with van der Waals surface area (Å²) in [6.07, 6.45) is 1.45. The first-order valence-electron chi connectivity index (χ1n) is 15.3. The number of ketones is 1. The molecule has 7 N–H and O–H groups in total. The fourth-order valence-corrected chi connectivity index (χ4v) is 7.87. The monoisotopic (exact) mass is 718 g/mol. The third kappa shape index (κ3) is 7.47. The Morgan fingerprint density at radius 1 is 1.16 bits per heavy atom. The number of oxime groups is 1. The van der Waals surface area contributed by atoms with Crippen LogP contribution in [0.3, 0.4) is 0 Å². The number of carboxylic acid groups (broad SMARTS) is 2. The molecular weight excluding hydrogens is 683 g/mol. The first-order chi connectivity index (χ1) is 23.1. The van der Waals surface area contributed by atoms with Crippen LogP contribution in [0.5, 0.6) is 11.5 Å². The number of carbonyl (C=O) groups excluding carboxylic acids is 3. The van der Waals surface area contributed by atoms with E-state index in [0.29, 0.717) is 28.9 Å². The number of nitrogen functional groups attached to an aromatic ring is 1. The van der Waals surface area contributed by atoms with Crippen molar-refractivity contribution in [2.75, 3.05) is 44.2 Å². The van der Waals surface area contributed by atoms with Gasteiger partial charge in [0.25, 0.3) is 5.91 Å². The van der Waals surface area contributed by atoms with E-state index in [-0.39, 0.29) is 40.9 Å². The number of anilines is 1. The number of likely N-dealkylation sites (tertiary alicyclic amines) is 1. The summed E-state index contributed by atoms with van der Waals surface area (Å²) in [6.45, 7) is 5.12. The van der Waals surface area contributed by atoms with Gasteiger partial charge in [-0.3, -0.25) is 19.3 Å². The van der Waals surface area contributed by atoms with E-state index in [9.17, 15) is 44.4 Å². The summed E-state index contributed by atoms with van der Waals surface area (Å²) >= 11 is 2.14. The lowest BCUT2D eigenvalue weighted by Gasteiger charge is -2.50. The number of amides is 2. The van der Waals surface area contributed by atoms with Gasteiger partial charge in [-0.25, -0.2) is 9.59 Å². The molecule has 3 aliphatic rings. The highest BCUT2D eigenvalue weighted by atomic mass is 32.2. The predicted molar refractivity (Wildman–Crippen MR) is 176 cm³/mol. The second-order valence-corrected chi connectivity index (χ2v) is 14.4. The number of β-lactam (4-membered cyclic amide) rings is 1. The summed E-state index contributed by atoms with van der Waals surface area (Å²) < 4.78 is 4.50. The standard InChI is InChI=1S/C30H35N7O10S2/c1-30(2,28(45)46)47-34-21(23-33-29(31)49-35-23)20(40)12-17-25(42)36-22(27(43)44)16(14-48-26(17)36)13-37(8-3-4-9-37)10-7-32-24(41)15-5-6-18(38)19(39)11-15/h5-6,11,17,26H,3-4,7-10,12-14H2,1-2H3,(H6-,31,32,33,34,35,38,39,40,41,43,44,45,46)/p+1. The fourth-order valence-electron chi connectivity index (χ4n) is 6.03. The van der Waals surface area contributed by atoms with Crippen molar-refractivity contribution in [2.24, 2.45) is 11.1 Å². The van der Waals surface area contributed by atoms with E-state index < -0.39 is 57.9 Å². The van der Waals surface area contributed by atoms with Crippen LogP contribution in [0.15, 0.2) is 34.6 Å². The molecule has 0 radical (unpaired) electrons. The molecule has 5 rings (SSSR count). The number of Topliss-reactive ketones (excluding diaryl/α,β-unsaturated/α-hetero) is 1. The van der Waals surface area contributed by atoms with Crippen molar-refractivity contribution >= 4 is 63.7 Å². The number of quaternary nitrogens is 1. The zero-order valence-electron chi connectivity index (χ0n) is 26.6. The lowest BCUT2D eigenvalue weighted by atomic mass is 9.89. The number of nitrogens with two attached hydrogens (primary N) is 1. The Morgan fingerprint density at radius 2 is 1.88 bits per heavy atom. The van der Waals surface area contributed by atoms with Crippen LogP contribution in [0, 0.1) is 5.92 Å². The van der Waals surface area contributed by atoms with E-state index in [1.165, 1.54) is 48.7 Å². The summed E-state index contributed by atoms with van der Waals surface area (Å²) in [5.41, 5.74) is 4.14. The molecule has 0 aliphatic carbocycles. The normalized spacial score (nSPS) is 20.4. The number of benzene rings is 1. The number of phenols is 2. The van der Waals surface area contributed by atoms with E-state index in [0.717, 1.165) is 37.5 Å². The highest BCUT2D eigenvalue weighted by Crippen LogP contribution is 2.46. The number of rotatable bonds is 14. The number of carboxylic acids is 2. The molecule has 1 aromatic heterocycles. The number of thioether (sulfide) groups is 1. The number of aromatic hydroxyl groups is 2. The molecule has 1 aromatic carbocycles. The van der Waals surface area contributed by atoms with Crippen molar-refractivity contribution < 1.29 is 53.7 Å². The molecule has 2 atom stereocenters. The van der Waals surface area contributed by atoms with Crippen LogP contribution in [0.4, 0.5) is 5.13 Å². The van der Waals surface area contributed by atoms with Gasteiger partial charge >= 0.3 is 11.9 Å². The minimum absolute atomic E-state index is 0.0314. The minimum atomic E-state index is -1.79. The van der Waals surface area contributed by atoms with Crippen molar-refractivity contribution in [3.05, 3.63) is 40.9 Å². The van der Waals surface area contributed by atoms with Gasteiger partial charge in [0, 0.05) is 47.7 Å². The van der Waals surface area contributed by atoms with Crippen molar-refractivity contribution in [3.8, 4) is 11.5 Å². The molecule has 0 bridgehead atoms. The fraction of sp³-hybridized carbons (Fsp3) is 0.467. The third-order valence-corrected chi connectivity index (χ3v) is 10.7. The van der Waals surface area contributed by atoms with Gasteiger partial charge in [0.15, 0.2) is 28.1 Å². The van der Waals surface area contributed by atoms with E-state index in [2.05, 4.69) is 19.8 Å². The molecule has 2 amide bonds. The lowest BCUT2D eigenvalue weighted by molar-refractivity contribution is -0.911. The quantitative estimate of drug-likeness (QED) is 0.0524. The van der Waals surface area contributed by atoms with Gasteiger partial charge in [-0.05, 0) is 32.0 Å². The van der Waals surface area contributed by atoms with Crippen LogP contribution in [0.2, 0.25) is 0 Å². The molecule has 2 aromatic rings. The average Bonchev–Trinajstić information content (AvgIpc) is 3.69. The Hall–Kier alpha value is -4.75. The Labute approximate surface area is 288 Å². The van der Waals surface area contributed by atoms with Crippen molar-refractivity contribution in [1.29, 1.82) is 0 Å². The largest absolute Gasteiger partial charge is 0.504 e. The number of nitrogens with one attached hydrogen (secondary N) is 1. The molecule has 2 unspecified atom stereocenters. The predicted octanol–water partition coefficient (Wildman–Crippen LogP) is 0.985. The summed E-state index contributed by atoms with van der Waals surface area (Å²) in [5.74, 6) is -5.77. The second-order valence-electron chi connectivity index (χ2n) is 12.5. The van der Waals surface area contributed by atoms with Crippen molar-refractivity contribution in [3.63, 3.8) is 0 Å². The maximum Gasteiger partial charge on any atom is 0.352 e. The van der Waals surface area contributed by atoms with Crippen LogP contribution in [-0.4, -0.2) is 124 Å². The maximum atomic E-state index is 13.5. The molecule has 19 heteroatoms. The first-order valence-corrected chi connectivity index (χ1v) is 17.1. The smallest absolute Gasteiger partial charge is 0.352 e. The highest BCUT2D eigenvalue weighted by Gasteiger charge is 2.55. The second kappa shape index (κ2) is 14.0. The Bertz CT molecular complexity index is 1750. The maximum absolute atomic E-state index is 13.5. The number of fused-ring (bicyclic) bond motifs is 1. The van der Waals surface area contributed by atoms with Gasteiger partial charge in [0.05, 0.1) is 37.5 Å². The molecule has 2 fully saturated rings.